The van der Waals surface area contributed by atoms with Crippen LogP contribution < -0.4 is 4.74 Å². The van der Waals surface area contributed by atoms with E-state index in [0.717, 1.165) is 17.1 Å². The van der Waals surface area contributed by atoms with Crippen molar-refractivity contribution in [3.05, 3.63) is 23.3 Å². The lowest BCUT2D eigenvalue weighted by molar-refractivity contribution is -0.140. The molecule has 1 aromatic rings. The first-order valence-electron chi connectivity index (χ1n) is 5.93. The second-order valence-corrected chi connectivity index (χ2v) is 5.37. The Kier molecular flexibility index (Phi) is 5.54. The average Bonchev–Trinajstić information content (AvgIpc) is 2.38. The molecule has 3 nitrogen and oxygen atoms in total. The van der Waals surface area contributed by atoms with Crippen LogP contribution in [0.5, 0.6) is 5.75 Å². The molecular formula is C14H20O3S. The largest absolute Gasteiger partial charge is 0.496 e. The van der Waals surface area contributed by atoms with Crippen molar-refractivity contribution in [1.82, 2.24) is 0 Å². The van der Waals surface area contributed by atoms with Crippen LogP contribution in [-0.2, 0) is 9.53 Å². The first-order valence-corrected chi connectivity index (χ1v) is 6.81. The molecule has 0 spiro atoms. The van der Waals surface area contributed by atoms with Crippen LogP contribution in [0.3, 0.4) is 0 Å². The van der Waals surface area contributed by atoms with E-state index in [1.807, 2.05) is 19.9 Å². The Morgan fingerprint density at radius 2 is 1.89 bits per heavy atom. The molecule has 0 fully saturated rings. The zero-order chi connectivity index (χ0) is 13.7. The fourth-order valence-electron chi connectivity index (χ4n) is 1.60. The molecule has 0 aliphatic rings. The van der Waals surface area contributed by atoms with Crippen molar-refractivity contribution >= 4 is 17.7 Å². The van der Waals surface area contributed by atoms with Crippen molar-refractivity contribution in [2.75, 3.05) is 14.2 Å². The molecule has 1 unspecified atom stereocenters. The molecule has 0 aliphatic heterocycles. The number of esters is 1. The van der Waals surface area contributed by atoms with E-state index in [0.29, 0.717) is 0 Å². The van der Waals surface area contributed by atoms with Crippen LogP contribution in [0.4, 0.5) is 0 Å². The van der Waals surface area contributed by atoms with Gasteiger partial charge < -0.3 is 9.47 Å². The van der Waals surface area contributed by atoms with Gasteiger partial charge in [-0.2, -0.15) is 0 Å². The highest BCUT2D eigenvalue weighted by Gasteiger charge is 2.20. The highest BCUT2D eigenvalue weighted by atomic mass is 32.2. The third kappa shape index (κ3) is 3.42. The van der Waals surface area contributed by atoms with Crippen molar-refractivity contribution in [2.45, 2.75) is 37.3 Å². The van der Waals surface area contributed by atoms with Crippen molar-refractivity contribution in [3.63, 3.8) is 0 Å². The lowest BCUT2D eigenvalue weighted by Gasteiger charge is -2.16. The predicted molar refractivity (Wildman–Crippen MR) is 74.4 cm³/mol. The molecule has 0 amide bonds. The van der Waals surface area contributed by atoms with Gasteiger partial charge in [-0.1, -0.05) is 6.92 Å². The number of aryl methyl sites for hydroxylation is 2. The molecule has 0 saturated carbocycles. The van der Waals surface area contributed by atoms with Crippen LogP contribution in [0, 0.1) is 13.8 Å². The molecule has 0 N–H and O–H groups in total. The van der Waals surface area contributed by atoms with Gasteiger partial charge in [0.05, 0.1) is 19.1 Å². The number of ether oxygens (including phenoxy) is 2. The fraction of sp³-hybridized carbons (Fsp3) is 0.500. The Bertz CT molecular complexity index is 429. The average molecular weight is 268 g/mol. The van der Waals surface area contributed by atoms with E-state index >= 15 is 0 Å². The molecule has 4 heteroatoms. The van der Waals surface area contributed by atoms with Gasteiger partial charge in [0.15, 0.2) is 0 Å². The number of hydrogen-bond donors (Lipinski definition) is 0. The SMILES string of the molecule is CCC(Sc1cc(C)c(C)cc1OC)C(=O)OC. The molecular weight excluding hydrogens is 248 g/mol. The third-order valence-electron chi connectivity index (χ3n) is 2.88. The Morgan fingerprint density at radius 3 is 2.39 bits per heavy atom. The number of rotatable bonds is 5. The van der Waals surface area contributed by atoms with Crippen LogP contribution in [0.15, 0.2) is 17.0 Å². The molecule has 1 rings (SSSR count). The van der Waals surface area contributed by atoms with Gasteiger partial charge in [-0.15, -0.1) is 11.8 Å². The zero-order valence-electron chi connectivity index (χ0n) is 11.6. The summed E-state index contributed by atoms with van der Waals surface area (Å²) in [5.74, 6) is 0.619. The number of carbonyl (C=O) groups is 1. The van der Waals surface area contributed by atoms with Crippen molar-refractivity contribution < 1.29 is 14.3 Å². The Balaban J connectivity index is 3.01. The molecule has 0 heterocycles. The first-order chi connectivity index (χ1) is 8.53. The molecule has 0 aliphatic carbocycles. The summed E-state index contributed by atoms with van der Waals surface area (Å²) in [6, 6.07) is 4.06. The summed E-state index contributed by atoms with van der Waals surface area (Å²) >= 11 is 1.50. The van der Waals surface area contributed by atoms with E-state index in [2.05, 4.69) is 13.0 Å². The van der Waals surface area contributed by atoms with Crippen LogP contribution in [-0.4, -0.2) is 25.4 Å². The van der Waals surface area contributed by atoms with E-state index in [1.54, 1.807) is 7.11 Å². The van der Waals surface area contributed by atoms with E-state index < -0.39 is 0 Å². The minimum atomic E-state index is -0.192. The highest BCUT2D eigenvalue weighted by molar-refractivity contribution is 8.00. The maximum Gasteiger partial charge on any atom is 0.319 e. The Morgan fingerprint density at radius 1 is 1.28 bits per heavy atom. The van der Waals surface area contributed by atoms with Crippen LogP contribution in [0.1, 0.15) is 24.5 Å². The second kappa shape index (κ2) is 6.69. The number of carbonyl (C=O) groups excluding carboxylic acids is 1. The van der Waals surface area contributed by atoms with Gasteiger partial charge in [0.1, 0.15) is 11.0 Å². The monoisotopic (exact) mass is 268 g/mol. The van der Waals surface area contributed by atoms with Crippen LogP contribution in [0.2, 0.25) is 0 Å². The number of hydrogen-bond acceptors (Lipinski definition) is 4. The molecule has 0 bridgehead atoms. The summed E-state index contributed by atoms with van der Waals surface area (Å²) in [4.78, 5) is 12.6. The lowest BCUT2D eigenvalue weighted by atomic mass is 10.1. The number of benzene rings is 1. The van der Waals surface area contributed by atoms with Gasteiger partial charge in [-0.05, 0) is 43.5 Å². The molecule has 1 atom stereocenters. The summed E-state index contributed by atoms with van der Waals surface area (Å²) in [5, 5.41) is -0.189. The predicted octanol–water partition coefficient (Wildman–Crippen LogP) is 3.36. The number of thioether (sulfide) groups is 1. The topological polar surface area (TPSA) is 35.5 Å². The van der Waals surface area contributed by atoms with Crippen molar-refractivity contribution in [2.24, 2.45) is 0 Å². The first kappa shape index (κ1) is 14.9. The summed E-state index contributed by atoms with van der Waals surface area (Å²) in [7, 11) is 3.07. The third-order valence-corrected chi connectivity index (χ3v) is 4.27. The molecule has 18 heavy (non-hydrogen) atoms. The number of methoxy groups -OCH3 is 2. The summed E-state index contributed by atoms with van der Waals surface area (Å²) in [6.45, 7) is 6.07. The van der Waals surface area contributed by atoms with E-state index in [9.17, 15) is 4.79 Å². The fourth-order valence-corrected chi connectivity index (χ4v) is 2.77. The van der Waals surface area contributed by atoms with Crippen LogP contribution in [0.25, 0.3) is 0 Å². The summed E-state index contributed by atoms with van der Waals surface area (Å²) in [5.41, 5.74) is 2.38. The minimum absolute atomic E-state index is 0.189. The Labute approximate surface area is 113 Å². The lowest BCUT2D eigenvalue weighted by Crippen LogP contribution is -2.17. The van der Waals surface area contributed by atoms with E-state index in [1.165, 1.54) is 30.0 Å². The molecule has 0 saturated heterocycles. The summed E-state index contributed by atoms with van der Waals surface area (Å²) < 4.78 is 10.2. The normalized spacial score (nSPS) is 12.1. The molecule has 100 valence electrons. The Hall–Kier alpha value is -1.16. The maximum absolute atomic E-state index is 11.6. The second-order valence-electron chi connectivity index (χ2n) is 4.13. The van der Waals surface area contributed by atoms with Gasteiger partial charge in [-0.3, -0.25) is 4.79 Å². The van der Waals surface area contributed by atoms with Gasteiger partial charge in [0.25, 0.3) is 0 Å². The van der Waals surface area contributed by atoms with Crippen molar-refractivity contribution in [1.29, 1.82) is 0 Å². The summed E-state index contributed by atoms with van der Waals surface area (Å²) in [6.07, 6.45) is 0.730. The molecule has 0 radical (unpaired) electrons. The quantitative estimate of drug-likeness (QED) is 0.606. The van der Waals surface area contributed by atoms with Gasteiger partial charge >= 0.3 is 5.97 Å². The van der Waals surface area contributed by atoms with Gasteiger partial charge in [-0.25, -0.2) is 0 Å². The molecule has 0 aromatic heterocycles. The van der Waals surface area contributed by atoms with Gasteiger partial charge in [0.2, 0.25) is 0 Å². The van der Waals surface area contributed by atoms with Crippen molar-refractivity contribution in [3.8, 4) is 5.75 Å². The van der Waals surface area contributed by atoms with Gasteiger partial charge in [0, 0.05) is 0 Å². The maximum atomic E-state index is 11.6. The minimum Gasteiger partial charge on any atom is -0.496 e. The van der Waals surface area contributed by atoms with Crippen LogP contribution >= 0.6 is 11.8 Å². The molecule has 1 aromatic carbocycles. The van der Waals surface area contributed by atoms with E-state index in [-0.39, 0.29) is 11.2 Å². The smallest absolute Gasteiger partial charge is 0.319 e. The standard InChI is InChI=1S/C14H20O3S/c1-6-12(14(15)17-5)18-13-8-10(3)9(2)7-11(13)16-4/h7-8,12H,6H2,1-5H3. The van der Waals surface area contributed by atoms with E-state index in [4.69, 9.17) is 9.47 Å². The zero-order valence-corrected chi connectivity index (χ0v) is 12.4. The highest BCUT2D eigenvalue weighted by Crippen LogP contribution is 2.35.